The van der Waals surface area contributed by atoms with Crippen LogP contribution < -0.4 is 10.4 Å². The molecule has 280 valence electrons. The Labute approximate surface area is 357 Å². The quantitative estimate of drug-likeness (QED) is 0.105. The molecule has 0 bridgehead atoms. The zero-order valence-corrected chi connectivity index (χ0v) is 38.6. The molecule has 8 aromatic rings. The molecule has 1 aliphatic rings. The Bertz CT molecular complexity index is 2370. The van der Waals surface area contributed by atoms with Crippen LogP contribution in [0.2, 0.25) is 0 Å². The standard InChI is InChI=1S/2C21H23.C12H7Si.Hf/c2*1-4-5-9-17-13-18-10-7-12-20(21(18)14-17)19-11-6-8-15(2)16(19)3;1-3-7-11-9(5-1)10-6-2-4-8-12(10)13-11;/h2*6-8,10-14H,4-5,9H2,1-3H3;1-7H;/q3*-1;. The molecule has 2 radical (unpaired) electrons. The SMILES string of the molecule is CCCCc1cc2c(-c3cccc(C)c3C)cccc2[cH-]1.CCCCc1cc2c(-c3cccc(C)c3C)cccc2[cH-]1.[Hf].[c-]1cccc2c1[Si]c1ccccc1-2. The van der Waals surface area contributed by atoms with Crippen LogP contribution in [-0.2, 0) is 38.7 Å². The van der Waals surface area contributed by atoms with Gasteiger partial charge in [-0.15, -0.1) is 74.6 Å². The van der Waals surface area contributed by atoms with Crippen molar-refractivity contribution in [1.82, 2.24) is 0 Å². The molecule has 0 aromatic heterocycles. The van der Waals surface area contributed by atoms with Gasteiger partial charge in [0.2, 0.25) is 0 Å². The largest absolute Gasteiger partial charge is 0.184 e. The van der Waals surface area contributed by atoms with Crippen molar-refractivity contribution in [2.75, 3.05) is 0 Å². The van der Waals surface area contributed by atoms with Crippen molar-refractivity contribution in [3.8, 4) is 33.4 Å². The Hall–Kier alpha value is -4.37. The van der Waals surface area contributed by atoms with Gasteiger partial charge in [-0.05, 0) is 73.9 Å². The molecule has 0 amide bonds. The molecule has 0 spiro atoms. The van der Waals surface area contributed by atoms with Crippen LogP contribution in [-0.4, -0.2) is 9.52 Å². The van der Waals surface area contributed by atoms with Gasteiger partial charge in [-0.25, -0.2) is 0 Å². The maximum Gasteiger partial charge on any atom is 0.0920 e. The van der Waals surface area contributed by atoms with Gasteiger partial charge in [0.15, 0.2) is 0 Å². The summed E-state index contributed by atoms with van der Waals surface area (Å²) in [5.74, 6) is 0. The molecule has 9 rings (SSSR count). The third kappa shape index (κ3) is 9.09. The van der Waals surface area contributed by atoms with E-state index in [4.69, 9.17) is 0 Å². The number of hydrogen-bond donors (Lipinski definition) is 0. The first-order chi connectivity index (χ1) is 26.9. The van der Waals surface area contributed by atoms with E-state index in [2.05, 4.69) is 181 Å². The molecule has 0 nitrogen and oxygen atoms in total. The third-order valence-corrected chi connectivity index (χ3v) is 12.8. The minimum Gasteiger partial charge on any atom is -0.184 e. The van der Waals surface area contributed by atoms with Gasteiger partial charge in [-0.1, -0.05) is 134 Å². The van der Waals surface area contributed by atoms with Crippen LogP contribution in [0, 0.1) is 33.8 Å². The van der Waals surface area contributed by atoms with Crippen LogP contribution in [0.3, 0.4) is 0 Å². The van der Waals surface area contributed by atoms with Crippen molar-refractivity contribution >= 4 is 41.4 Å². The topological polar surface area (TPSA) is 0 Å². The van der Waals surface area contributed by atoms with E-state index in [1.54, 1.807) is 0 Å². The Morgan fingerprint density at radius 2 is 0.964 bits per heavy atom. The van der Waals surface area contributed by atoms with Gasteiger partial charge in [0.25, 0.3) is 0 Å². The molecule has 1 aliphatic heterocycles. The van der Waals surface area contributed by atoms with Gasteiger partial charge in [0, 0.05) is 25.8 Å². The van der Waals surface area contributed by atoms with Crippen molar-refractivity contribution in [2.45, 2.75) is 80.1 Å². The van der Waals surface area contributed by atoms with E-state index >= 15 is 0 Å². The summed E-state index contributed by atoms with van der Waals surface area (Å²) in [5, 5.41) is 8.37. The third-order valence-electron chi connectivity index (χ3n) is 11.4. The second-order valence-corrected chi connectivity index (χ2v) is 16.5. The monoisotopic (exact) mass is 909 g/mol. The average molecular weight is 909 g/mol. The van der Waals surface area contributed by atoms with Crippen LogP contribution >= 0.6 is 0 Å². The first kappa shape index (κ1) is 41.3. The second kappa shape index (κ2) is 19.2. The smallest absolute Gasteiger partial charge is 0.0920 e. The molecule has 0 fully saturated rings. The van der Waals surface area contributed by atoms with Gasteiger partial charge >= 0.3 is 0 Å². The van der Waals surface area contributed by atoms with Crippen molar-refractivity contribution in [3.05, 3.63) is 179 Å². The fourth-order valence-corrected chi connectivity index (χ4v) is 9.24. The fourth-order valence-electron chi connectivity index (χ4n) is 7.93. The fraction of sp³-hybridized carbons (Fsp3) is 0.222. The summed E-state index contributed by atoms with van der Waals surface area (Å²) in [5.41, 5.74) is 16.7. The van der Waals surface area contributed by atoms with Crippen molar-refractivity contribution in [2.24, 2.45) is 0 Å². The van der Waals surface area contributed by atoms with E-state index in [0.717, 1.165) is 9.52 Å². The second-order valence-electron chi connectivity index (χ2n) is 15.2. The molecule has 56 heavy (non-hydrogen) atoms. The van der Waals surface area contributed by atoms with E-state index in [-0.39, 0.29) is 25.8 Å². The Morgan fingerprint density at radius 3 is 1.50 bits per heavy atom. The Kier molecular flexibility index (Phi) is 14.1. The van der Waals surface area contributed by atoms with Crippen molar-refractivity contribution < 1.29 is 25.8 Å². The van der Waals surface area contributed by atoms with Crippen LogP contribution in [0.15, 0.2) is 140 Å². The maximum absolute atomic E-state index is 3.31. The molecule has 0 saturated carbocycles. The Morgan fingerprint density at radius 1 is 0.500 bits per heavy atom. The van der Waals surface area contributed by atoms with E-state index in [1.165, 1.54) is 137 Å². The summed E-state index contributed by atoms with van der Waals surface area (Å²) in [4.78, 5) is 0. The van der Waals surface area contributed by atoms with Gasteiger partial charge < -0.3 is 0 Å². The number of rotatable bonds is 8. The zero-order valence-electron chi connectivity index (χ0n) is 34.0. The van der Waals surface area contributed by atoms with Crippen molar-refractivity contribution in [3.63, 3.8) is 0 Å². The van der Waals surface area contributed by atoms with E-state index in [0.29, 0.717) is 0 Å². The van der Waals surface area contributed by atoms with E-state index < -0.39 is 0 Å². The minimum atomic E-state index is 0. The molecule has 0 unspecified atom stereocenters. The molecule has 0 saturated heterocycles. The van der Waals surface area contributed by atoms with Gasteiger partial charge in [-0.3, -0.25) is 0 Å². The van der Waals surface area contributed by atoms with Gasteiger partial charge in [-0.2, -0.15) is 41.6 Å². The van der Waals surface area contributed by atoms with Crippen LogP contribution in [0.25, 0.3) is 54.9 Å². The predicted molar refractivity (Wildman–Crippen MR) is 242 cm³/mol. The molecular formula is C54H53HfSi-3. The summed E-state index contributed by atoms with van der Waals surface area (Å²) in [6.07, 6.45) is 7.44. The first-order valence-corrected chi connectivity index (χ1v) is 21.2. The summed E-state index contributed by atoms with van der Waals surface area (Å²) >= 11 is 0. The average Bonchev–Trinajstić information content (AvgIpc) is 3.94. The number of hydrogen-bond acceptors (Lipinski definition) is 0. The van der Waals surface area contributed by atoms with Gasteiger partial charge in [0.05, 0.1) is 9.52 Å². The molecule has 0 aliphatic carbocycles. The summed E-state index contributed by atoms with van der Waals surface area (Å²) in [7, 11) is 0.795. The van der Waals surface area contributed by atoms with Crippen LogP contribution in [0.4, 0.5) is 0 Å². The summed E-state index contributed by atoms with van der Waals surface area (Å²) in [6.45, 7) is 13.3. The van der Waals surface area contributed by atoms with E-state index in [9.17, 15) is 0 Å². The number of benzene rings is 6. The molecule has 1 heterocycles. The predicted octanol–water partition coefficient (Wildman–Crippen LogP) is 13.5. The first-order valence-electron chi connectivity index (χ1n) is 20.2. The minimum absolute atomic E-state index is 0. The normalized spacial score (nSPS) is 11.2. The number of fused-ring (bicyclic) bond motifs is 5. The maximum atomic E-state index is 3.31. The number of unbranched alkanes of at least 4 members (excludes halogenated alkanes) is 2. The molecule has 0 N–H and O–H groups in total. The summed E-state index contributed by atoms with van der Waals surface area (Å²) < 4.78 is 0. The van der Waals surface area contributed by atoms with Gasteiger partial charge in [0.1, 0.15) is 0 Å². The van der Waals surface area contributed by atoms with Crippen molar-refractivity contribution in [1.29, 1.82) is 0 Å². The molecule has 2 heteroatoms. The molecule has 0 atom stereocenters. The van der Waals surface area contributed by atoms with Crippen LogP contribution in [0.5, 0.6) is 0 Å². The number of aryl methyl sites for hydroxylation is 4. The molecule has 8 aromatic carbocycles. The zero-order chi connectivity index (χ0) is 38.3. The Balaban J connectivity index is 0.000000145. The van der Waals surface area contributed by atoms with Crippen LogP contribution in [0.1, 0.15) is 72.9 Å². The van der Waals surface area contributed by atoms with E-state index in [1.807, 2.05) is 6.07 Å². The molecular weight excluding hydrogens is 855 g/mol. The summed E-state index contributed by atoms with van der Waals surface area (Å²) in [6, 6.07) is 54.2.